The number of carboxylic acid groups (broad SMARTS) is 1. The molecule has 20 heavy (non-hydrogen) atoms. The van der Waals surface area contributed by atoms with Crippen LogP contribution in [-0.2, 0) is 17.1 Å². The molecule has 1 rings (SSSR count). The number of aromatic nitrogens is 1. The number of alkyl halides is 3. The fraction of sp³-hybridized carbons (Fsp3) is 0.500. The van der Waals surface area contributed by atoms with Gasteiger partial charge in [-0.25, -0.2) is 17.9 Å². The molecule has 0 atom stereocenters. The maximum atomic E-state index is 11.9. The number of nitrogens with zero attached hydrogens (tertiary/aromatic N) is 1. The molecule has 0 aromatic carbocycles. The average molecular weight is 314 g/mol. The van der Waals surface area contributed by atoms with Crippen molar-refractivity contribution < 1.29 is 31.5 Å². The largest absolute Gasteiger partial charge is 0.477 e. The van der Waals surface area contributed by atoms with E-state index in [0.29, 0.717) is 0 Å². The van der Waals surface area contributed by atoms with Crippen LogP contribution < -0.4 is 4.72 Å². The maximum absolute atomic E-state index is 11.9. The molecule has 0 radical (unpaired) electrons. The van der Waals surface area contributed by atoms with Gasteiger partial charge in [0.2, 0.25) is 10.0 Å². The summed E-state index contributed by atoms with van der Waals surface area (Å²) < 4.78 is 62.3. The van der Waals surface area contributed by atoms with Crippen LogP contribution in [-0.4, -0.2) is 36.8 Å². The molecule has 1 aromatic rings. The summed E-state index contributed by atoms with van der Waals surface area (Å²) in [4.78, 5) is 10.5. The Kier molecular flexibility index (Phi) is 4.81. The second-order valence-electron chi connectivity index (χ2n) is 4.09. The average Bonchev–Trinajstić information content (AvgIpc) is 2.66. The second-order valence-corrected chi connectivity index (χ2v) is 5.86. The fourth-order valence-electron chi connectivity index (χ4n) is 1.47. The van der Waals surface area contributed by atoms with E-state index < -0.39 is 28.6 Å². The molecule has 114 valence electrons. The van der Waals surface area contributed by atoms with Crippen LogP contribution in [0.4, 0.5) is 13.2 Å². The Hall–Kier alpha value is -1.55. The van der Waals surface area contributed by atoms with E-state index in [4.69, 9.17) is 5.11 Å². The quantitative estimate of drug-likeness (QED) is 0.776. The Morgan fingerprint density at radius 2 is 2.05 bits per heavy atom. The molecule has 0 saturated heterocycles. The van der Waals surface area contributed by atoms with E-state index in [-0.39, 0.29) is 23.6 Å². The van der Waals surface area contributed by atoms with Gasteiger partial charge in [0, 0.05) is 26.2 Å². The Balaban J connectivity index is 2.70. The summed E-state index contributed by atoms with van der Waals surface area (Å²) in [5.74, 6) is -1.30. The summed E-state index contributed by atoms with van der Waals surface area (Å²) >= 11 is 0. The molecule has 1 heterocycles. The van der Waals surface area contributed by atoms with E-state index in [1.54, 1.807) is 0 Å². The summed E-state index contributed by atoms with van der Waals surface area (Å²) in [6.45, 7) is -0.376. The minimum atomic E-state index is -4.34. The summed E-state index contributed by atoms with van der Waals surface area (Å²) in [5.41, 5.74) is -0.235. The van der Waals surface area contributed by atoms with Gasteiger partial charge in [-0.1, -0.05) is 0 Å². The van der Waals surface area contributed by atoms with Gasteiger partial charge >= 0.3 is 12.1 Å². The van der Waals surface area contributed by atoms with Gasteiger partial charge in [0.25, 0.3) is 0 Å². The van der Waals surface area contributed by atoms with Gasteiger partial charge in [-0.2, -0.15) is 13.2 Å². The van der Waals surface area contributed by atoms with E-state index in [2.05, 4.69) is 0 Å². The highest BCUT2D eigenvalue weighted by Gasteiger charge is 2.26. The van der Waals surface area contributed by atoms with Crippen molar-refractivity contribution in [2.75, 3.05) is 6.54 Å². The summed E-state index contributed by atoms with van der Waals surface area (Å²) in [7, 11) is -2.66. The lowest BCUT2D eigenvalue weighted by Crippen LogP contribution is -2.25. The molecular formula is C10H13F3N2O4S. The summed E-state index contributed by atoms with van der Waals surface area (Å²) in [6.07, 6.45) is -4.74. The summed E-state index contributed by atoms with van der Waals surface area (Å²) in [6, 6.07) is 0.939. The zero-order valence-electron chi connectivity index (χ0n) is 10.4. The molecule has 0 aliphatic rings. The number of carbonyl (C=O) groups is 1. The van der Waals surface area contributed by atoms with Crippen molar-refractivity contribution in [1.29, 1.82) is 0 Å². The Morgan fingerprint density at radius 1 is 1.45 bits per heavy atom. The lowest BCUT2D eigenvalue weighted by atomic mass is 10.3. The minimum absolute atomic E-state index is 0.235. The van der Waals surface area contributed by atoms with E-state index in [1.165, 1.54) is 7.05 Å². The minimum Gasteiger partial charge on any atom is -0.477 e. The molecule has 0 saturated carbocycles. The zero-order chi connectivity index (χ0) is 15.6. The predicted octanol–water partition coefficient (Wildman–Crippen LogP) is 1.34. The number of halogens is 3. The van der Waals surface area contributed by atoms with Crippen molar-refractivity contribution in [2.24, 2.45) is 7.05 Å². The number of rotatable bonds is 6. The second kappa shape index (κ2) is 5.83. The van der Waals surface area contributed by atoms with Gasteiger partial charge in [0.05, 0.1) is 0 Å². The van der Waals surface area contributed by atoms with Crippen LogP contribution in [0.1, 0.15) is 23.3 Å². The Morgan fingerprint density at radius 3 is 2.50 bits per heavy atom. The van der Waals surface area contributed by atoms with Crippen molar-refractivity contribution >= 4 is 16.0 Å². The molecule has 0 bridgehead atoms. The molecule has 2 N–H and O–H groups in total. The van der Waals surface area contributed by atoms with Gasteiger partial charge in [0.15, 0.2) is 0 Å². The first-order valence-electron chi connectivity index (χ1n) is 5.49. The number of aryl methyl sites for hydroxylation is 1. The lowest BCUT2D eigenvalue weighted by Gasteiger charge is -2.07. The van der Waals surface area contributed by atoms with Crippen molar-refractivity contribution in [2.45, 2.75) is 23.9 Å². The van der Waals surface area contributed by atoms with Crippen LogP contribution in [0.3, 0.4) is 0 Å². The van der Waals surface area contributed by atoms with Crippen LogP contribution in [0.15, 0.2) is 17.2 Å². The number of aromatic carboxylic acids is 1. The zero-order valence-corrected chi connectivity index (χ0v) is 11.3. The van der Waals surface area contributed by atoms with Crippen LogP contribution in [0, 0.1) is 0 Å². The first-order chi connectivity index (χ1) is 9.03. The third kappa shape index (κ3) is 4.53. The van der Waals surface area contributed by atoms with E-state index >= 15 is 0 Å². The Bertz CT molecular complexity index is 592. The number of carboxylic acids is 1. The molecule has 6 nitrogen and oxygen atoms in total. The number of hydrogen-bond acceptors (Lipinski definition) is 3. The molecule has 10 heteroatoms. The molecule has 0 fully saturated rings. The molecular weight excluding hydrogens is 301 g/mol. The van der Waals surface area contributed by atoms with Gasteiger partial charge < -0.3 is 9.67 Å². The van der Waals surface area contributed by atoms with E-state index in [1.807, 2.05) is 4.72 Å². The molecule has 0 amide bonds. The van der Waals surface area contributed by atoms with Crippen LogP contribution >= 0.6 is 0 Å². The van der Waals surface area contributed by atoms with Crippen LogP contribution in [0.25, 0.3) is 0 Å². The van der Waals surface area contributed by atoms with Gasteiger partial charge in [-0.3, -0.25) is 0 Å². The van der Waals surface area contributed by atoms with Crippen molar-refractivity contribution in [3.63, 3.8) is 0 Å². The fourth-order valence-corrected chi connectivity index (χ4v) is 2.62. The third-order valence-corrected chi connectivity index (χ3v) is 3.87. The topological polar surface area (TPSA) is 88.4 Å². The highest BCUT2D eigenvalue weighted by molar-refractivity contribution is 7.89. The molecule has 0 aliphatic heterocycles. The number of hydrogen-bond donors (Lipinski definition) is 2. The van der Waals surface area contributed by atoms with E-state index in [0.717, 1.165) is 16.8 Å². The predicted molar refractivity (Wildman–Crippen MR) is 62.8 cm³/mol. The maximum Gasteiger partial charge on any atom is 0.389 e. The highest BCUT2D eigenvalue weighted by Crippen LogP contribution is 2.21. The molecule has 0 spiro atoms. The Labute approximate surface area is 113 Å². The SMILES string of the molecule is Cn1cc(S(=O)(=O)NCCCC(F)(F)F)cc1C(=O)O. The standard InChI is InChI=1S/C10H13F3N2O4S/c1-15-6-7(5-8(15)9(16)17)20(18,19)14-4-2-3-10(11,12)13/h5-6,14H,2-4H2,1H3,(H,16,17). The number of nitrogens with one attached hydrogen (secondary N) is 1. The van der Waals surface area contributed by atoms with Crippen molar-refractivity contribution in [3.8, 4) is 0 Å². The van der Waals surface area contributed by atoms with Gasteiger partial charge in [-0.15, -0.1) is 0 Å². The smallest absolute Gasteiger partial charge is 0.389 e. The summed E-state index contributed by atoms with van der Waals surface area (Å²) in [5, 5.41) is 8.79. The third-order valence-electron chi connectivity index (χ3n) is 2.44. The molecule has 1 aromatic heterocycles. The van der Waals surface area contributed by atoms with Crippen molar-refractivity contribution in [3.05, 3.63) is 18.0 Å². The van der Waals surface area contributed by atoms with Crippen LogP contribution in [0.5, 0.6) is 0 Å². The first kappa shape index (κ1) is 16.5. The van der Waals surface area contributed by atoms with Crippen LogP contribution in [0.2, 0.25) is 0 Å². The van der Waals surface area contributed by atoms with E-state index in [9.17, 15) is 26.4 Å². The highest BCUT2D eigenvalue weighted by atomic mass is 32.2. The molecule has 0 unspecified atom stereocenters. The number of sulfonamides is 1. The normalized spacial score (nSPS) is 12.6. The first-order valence-corrected chi connectivity index (χ1v) is 6.97. The van der Waals surface area contributed by atoms with Gasteiger partial charge in [-0.05, 0) is 12.5 Å². The monoisotopic (exact) mass is 314 g/mol. The molecule has 0 aliphatic carbocycles. The van der Waals surface area contributed by atoms with Gasteiger partial charge in [0.1, 0.15) is 10.6 Å². The van der Waals surface area contributed by atoms with Crippen molar-refractivity contribution in [1.82, 2.24) is 9.29 Å². The lowest BCUT2D eigenvalue weighted by molar-refractivity contribution is -0.135.